The van der Waals surface area contributed by atoms with Crippen molar-refractivity contribution in [3.63, 3.8) is 0 Å². The van der Waals surface area contributed by atoms with Crippen LogP contribution in [-0.4, -0.2) is 33.4 Å². The first kappa shape index (κ1) is 25.2. The Morgan fingerprint density at radius 2 is 1.44 bits per heavy atom. The minimum absolute atomic E-state index is 0.157. The zero-order valence-corrected chi connectivity index (χ0v) is 20.8. The largest absolute Gasteiger partial charge is 0.452 e. The number of aromatic nitrogens is 2. The number of non-ortho nitro benzene ring substituents is 1. The second-order valence-corrected chi connectivity index (χ2v) is 8.74. The van der Waals surface area contributed by atoms with Crippen molar-refractivity contribution >= 4 is 34.3 Å². The molecule has 0 aliphatic carbocycles. The lowest BCUT2D eigenvalue weighted by Gasteiger charge is -2.12. The van der Waals surface area contributed by atoms with Crippen LogP contribution >= 0.6 is 0 Å². The van der Waals surface area contributed by atoms with E-state index < -0.39 is 23.4 Å². The summed E-state index contributed by atoms with van der Waals surface area (Å²) in [4.78, 5) is 45.3. The van der Waals surface area contributed by atoms with Gasteiger partial charge in [0, 0.05) is 23.3 Å². The lowest BCUT2D eigenvalue weighted by molar-refractivity contribution is -0.384. The maximum atomic E-state index is 12.8. The Morgan fingerprint density at radius 1 is 0.821 bits per heavy atom. The van der Waals surface area contributed by atoms with Gasteiger partial charge in [-0.05, 0) is 30.7 Å². The fourth-order valence-corrected chi connectivity index (χ4v) is 4.03. The number of nitrogens with one attached hydrogen (secondary N) is 1. The number of benzene rings is 4. The minimum atomic E-state index is -0.710. The lowest BCUT2D eigenvalue weighted by atomic mass is 10.0. The van der Waals surface area contributed by atoms with E-state index >= 15 is 0 Å². The van der Waals surface area contributed by atoms with Crippen molar-refractivity contribution in [1.82, 2.24) is 9.97 Å². The van der Waals surface area contributed by atoms with Gasteiger partial charge < -0.3 is 10.1 Å². The molecule has 0 saturated carbocycles. The Balaban J connectivity index is 1.38. The zero-order chi connectivity index (χ0) is 27.4. The average Bonchev–Trinajstić information content (AvgIpc) is 2.97. The van der Waals surface area contributed by atoms with Crippen molar-refractivity contribution in [2.75, 3.05) is 11.9 Å². The Bertz CT molecular complexity index is 1710. The molecule has 0 saturated heterocycles. The molecule has 1 N–H and O–H groups in total. The molecule has 9 heteroatoms. The van der Waals surface area contributed by atoms with E-state index in [0.717, 1.165) is 16.8 Å². The number of nitro benzene ring substituents is 1. The molecule has 39 heavy (non-hydrogen) atoms. The molecule has 0 atom stereocenters. The van der Waals surface area contributed by atoms with Crippen LogP contribution < -0.4 is 5.32 Å². The number of ether oxygens (including phenoxy) is 1. The Kier molecular flexibility index (Phi) is 7.05. The molecule has 4 aromatic carbocycles. The van der Waals surface area contributed by atoms with Gasteiger partial charge >= 0.3 is 5.97 Å². The van der Waals surface area contributed by atoms with Crippen molar-refractivity contribution in [1.29, 1.82) is 0 Å². The van der Waals surface area contributed by atoms with Gasteiger partial charge in [0.2, 0.25) is 0 Å². The molecule has 0 unspecified atom stereocenters. The summed E-state index contributed by atoms with van der Waals surface area (Å²) in [5, 5.41) is 13.6. The molecule has 192 valence electrons. The Labute approximate surface area is 223 Å². The van der Waals surface area contributed by atoms with Gasteiger partial charge in [-0.2, -0.15) is 0 Å². The van der Waals surface area contributed by atoms with E-state index in [4.69, 9.17) is 14.7 Å². The van der Waals surface area contributed by atoms with Crippen molar-refractivity contribution in [3.8, 4) is 22.5 Å². The number of nitrogens with zero attached hydrogens (tertiary/aromatic N) is 3. The third kappa shape index (κ3) is 5.62. The fourth-order valence-electron chi connectivity index (χ4n) is 4.03. The van der Waals surface area contributed by atoms with Gasteiger partial charge in [-0.1, -0.05) is 66.7 Å². The van der Waals surface area contributed by atoms with Gasteiger partial charge in [0.25, 0.3) is 11.6 Å². The van der Waals surface area contributed by atoms with Crippen LogP contribution in [-0.2, 0) is 9.53 Å². The molecule has 0 bridgehead atoms. The summed E-state index contributed by atoms with van der Waals surface area (Å²) in [6.45, 7) is 1.14. The van der Waals surface area contributed by atoms with Crippen LogP contribution in [0.1, 0.15) is 15.9 Å². The second kappa shape index (κ2) is 10.9. The molecule has 0 spiro atoms. The molecule has 1 heterocycles. The summed E-state index contributed by atoms with van der Waals surface area (Å²) in [5.41, 5.74) is 5.25. The molecule has 9 nitrogen and oxygen atoms in total. The standard InChI is InChI=1S/C30H22N4O5/c1-19-12-14-23(34(37)38)17-25(19)31-27(35)18-39-30(36)22-13-15-24-26(16-22)33-29(21-10-6-3-7-11-21)28(32-24)20-8-4-2-5-9-20/h2-17H,18H2,1H3,(H,31,35). The normalized spacial score (nSPS) is 10.7. The van der Waals surface area contributed by atoms with Crippen LogP contribution in [0.15, 0.2) is 97.1 Å². The second-order valence-electron chi connectivity index (χ2n) is 8.74. The summed E-state index contributed by atoms with van der Waals surface area (Å²) in [7, 11) is 0. The number of amides is 1. The highest BCUT2D eigenvalue weighted by molar-refractivity contribution is 5.98. The summed E-state index contributed by atoms with van der Waals surface area (Å²) >= 11 is 0. The maximum Gasteiger partial charge on any atom is 0.338 e. The van der Waals surface area contributed by atoms with Crippen LogP contribution in [0.5, 0.6) is 0 Å². The van der Waals surface area contributed by atoms with E-state index in [2.05, 4.69) is 5.32 Å². The van der Waals surface area contributed by atoms with E-state index in [-0.39, 0.29) is 16.9 Å². The number of hydrogen-bond donors (Lipinski definition) is 1. The first-order chi connectivity index (χ1) is 18.9. The molecule has 1 aromatic heterocycles. The van der Waals surface area contributed by atoms with Gasteiger partial charge in [-0.15, -0.1) is 0 Å². The quantitative estimate of drug-likeness (QED) is 0.160. The molecule has 0 fully saturated rings. The van der Waals surface area contributed by atoms with Crippen LogP contribution in [0, 0.1) is 17.0 Å². The maximum absolute atomic E-state index is 12.8. The molecular weight excluding hydrogens is 496 g/mol. The highest BCUT2D eigenvalue weighted by Crippen LogP contribution is 2.31. The summed E-state index contributed by atoms with van der Waals surface area (Å²) in [5.74, 6) is -1.33. The van der Waals surface area contributed by atoms with Gasteiger partial charge in [0.15, 0.2) is 6.61 Å². The van der Waals surface area contributed by atoms with Gasteiger partial charge in [-0.25, -0.2) is 14.8 Å². The lowest BCUT2D eigenvalue weighted by Crippen LogP contribution is -2.21. The fraction of sp³-hybridized carbons (Fsp3) is 0.0667. The number of hydrogen-bond acceptors (Lipinski definition) is 7. The number of carbonyl (C=O) groups is 2. The van der Waals surface area contributed by atoms with Gasteiger partial charge in [0.1, 0.15) is 0 Å². The van der Waals surface area contributed by atoms with Crippen LogP contribution in [0.3, 0.4) is 0 Å². The Morgan fingerprint density at radius 3 is 2.05 bits per heavy atom. The SMILES string of the molecule is Cc1ccc([N+](=O)[O-])cc1NC(=O)COC(=O)c1ccc2nc(-c3ccccc3)c(-c3ccccc3)nc2c1. The number of fused-ring (bicyclic) bond motifs is 1. The predicted molar refractivity (Wildman–Crippen MR) is 147 cm³/mol. The number of rotatable bonds is 7. The minimum Gasteiger partial charge on any atom is -0.452 e. The highest BCUT2D eigenvalue weighted by atomic mass is 16.6. The number of aryl methyl sites for hydroxylation is 1. The van der Waals surface area contributed by atoms with Gasteiger partial charge in [-0.3, -0.25) is 14.9 Å². The molecular formula is C30H22N4O5. The van der Waals surface area contributed by atoms with Crippen LogP contribution in [0.4, 0.5) is 11.4 Å². The zero-order valence-electron chi connectivity index (χ0n) is 20.8. The first-order valence-electron chi connectivity index (χ1n) is 12.0. The summed E-state index contributed by atoms with van der Waals surface area (Å²) in [6.07, 6.45) is 0. The molecule has 0 radical (unpaired) electrons. The van der Waals surface area contributed by atoms with Crippen molar-refractivity contribution in [2.45, 2.75) is 6.92 Å². The number of anilines is 1. The van der Waals surface area contributed by atoms with E-state index in [0.29, 0.717) is 22.3 Å². The average molecular weight is 519 g/mol. The van der Waals surface area contributed by atoms with Crippen molar-refractivity contribution < 1.29 is 19.2 Å². The summed E-state index contributed by atoms with van der Waals surface area (Å²) in [6, 6.07) is 28.4. The van der Waals surface area contributed by atoms with Gasteiger partial charge in [0.05, 0.1) is 38.6 Å². The van der Waals surface area contributed by atoms with Crippen molar-refractivity contribution in [2.24, 2.45) is 0 Å². The third-order valence-corrected chi connectivity index (χ3v) is 6.03. The number of carbonyl (C=O) groups excluding carboxylic acids is 2. The van der Waals surface area contributed by atoms with E-state index in [1.54, 1.807) is 25.1 Å². The first-order valence-corrected chi connectivity index (χ1v) is 12.0. The van der Waals surface area contributed by atoms with E-state index in [1.165, 1.54) is 18.2 Å². The highest BCUT2D eigenvalue weighted by Gasteiger charge is 2.17. The van der Waals surface area contributed by atoms with E-state index in [9.17, 15) is 19.7 Å². The van der Waals surface area contributed by atoms with E-state index in [1.807, 2.05) is 60.7 Å². The molecule has 0 aliphatic rings. The third-order valence-electron chi connectivity index (χ3n) is 6.03. The smallest absolute Gasteiger partial charge is 0.338 e. The predicted octanol–water partition coefficient (Wildman–Crippen LogP) is 5.98. The molecule has 0 aliphatic heterocycles. The monoisotopic (exact) mass is 518 g/mol. The summed E-state index contributed by atoms with van der Waals surface area (Å²) < 4.78 is 5.20. The Hall–Kier alpha value is -5.44. The molecule has 5 rings (SSSR count). The number of esters is 1. The van der Waals surface area contributed by atoms with Crippen molar-refractivity contribution in [3.05, 3.63) is 118 Å². The molecule has 1 amide bonds. The topological polar surface area (TPSA) is 124 Å². The van der Waals surface area contributed by atoms with Crippen LogP contribution in [0.2, 0.25) is 0 Å². The molecule has 5 aromatic rings. The van der Waals surface area contributed by atoms with Crippen LogP contribution in [0.25, 0.3) is 33.5 Å². The number of nitro groups is 1.